The fraction of sp³-hybridized carbons (Fsp3) is 0.889. The molecule has 0 saturated heterocycles. The second-order valence-corrected chi connectivity index (χ2v) is 3.78. The molecule has 3 nitrogen and oxygen atoms in total. The Kier molecular flexibility index (Phi) is 4.24. The number of methoxy groups -OCH3 is 1. The van der Waals surface area contributed by atoms with Gasteiger partial charge in [-0.05, 0) is 11.8 Å². The maximum atomic E-state index is 10.6. The monoisotopic (exact) mass is 174 g/mol. The molecule has 3 heteroatoms. The molecule has 0 aliphatic carbocycles. The Hall–Kier alpha value is -0.570. The molecule has 1 unspecified atom stereocenters. The minimum atomic E-state index is -0.876. The predicted octanol–water partition coefficient (Wildman–Crippen LogP) is 1.91. The molecule has 0 rings (SSSR count). The van der Waals surface area contributed by atoms with Crippen molar-refractivity contribution in [2.45, 2.75) is 39.7 Å². The Morgan fingerprint density at radius 1 is 1.58 bits per heavy atom. The summed E-state index contributed by atoms with van der Waals surface area (Å²) >= 11 is 0. The molecule has 0 aromatic carbocycles. The van der Waals surface area contributed by atoms with Gasteiger partial charge in [0.05, 0.1) is 0 Å². The minimum absolute atomic E-state index is 0.0407. The van der Waals surface area contributed by atoms with Crippen LogP contribution in [0.5, 0.6) is 0 Å². The van der Waals surface area contributed by atoms with Gasteiger partial charge in [0, 0.05) is 7.11 Å². The van der Waals surface area contributed by atoms with E-state index >= 15 is 0 Å². The third-order valence-corrected chi connectivity index (χ3v) is 2.26. The van der Waals surface area contributed by atoms with Gasteiger partial charge in [0.15, 0.2) is 6.10 Å². The van der Waals surface area contributed by atoms with E-state index in [9.17, 15) is 4.79 Å². The molecule has 72 valence electrons. The van der Waals surface area contributed by atoms with Gasteiger partial charge in [0.2, 0.25) is 0 Å². The number of carboxylic acids is 1. The van der Waals surface area contributed by atoms with Gasteiger partial charge in [-0.25, -0.2) is 4.79 Å². The molecule has 0 aromatic rings. The Labute approximate surface area is 73.7 Å². The van der Waals surface area contributed by atoms with Crippen molar-refractivity contribution in [3.63, 3.8) is 0 Å². The fourth-order valence-corrected chi connectivity index (χ4v) is 0.918. The zero-order valence-electron chi connectivity index (χ0n) is 8.26. The molecule has 0 spiro atoms. The third kappa shape index (κ3) is 3.72. The highest BCUT2D eigenvalue weighted by Crippen LogP contribution is 2.27. The van der Waals surface area contributed by atoms with Crippen molar-refractivity contribution in [2.24, 2.45) is 5.41 Å². The summed E-state index contributed by atoms with van der Waals surface area (Å²) in [5.41, 5.74) is 0.0407. The summed E-state index contributed by atoms with van der Waals surface area (Å²) in [6, 6.07) is 0. The Morgan fingerprint density at radius 2 is 2.08 bits per heavy atom. The first kappa shape index (κ1) is 11.4. The second kappa shape index (κ2) is 4.45. The highest BCUT2D eigenvalue weighted by molar-refractivity contribution is 5.72. The van der Waals surface area contributed by atoms with E-state index in [0.29, 0.717) is 6.42 Å². The maximum absolute atomic E-state index is 10.6. The second-order valence-electron chi connectivity index (χ2n) is 3.78. The highest BCUT2D eigenvalue weighted by Gasteiger charge is 2.25. The number of rotatable bonds is 5. The van der Waals surface area contributed by atoms with Crippen LogP contribution in [0.3, 0.4) is 0 Å². The number of hydrogen-bond acceptors (Lipinski definition) is 2. The largest absolute Gasteiger partial charge is 0.479 e. The van der Waals surface area contributed by atoms with E-state index < -0.39 is 12.1 Å². The SMILES string of the molecule is CCC(C)(C)CC(OC)C(=O)O. The molecule has 0 heterocycles. The number of ether oxygens (including phenoxy) is 1. The van der Waals surface area contributed by atoms with E-state index in [1.807, 2.05) is 13.8 Å². The van der Waals surface area contributed by atoms with Crippen molar-refractivity contribution >= 4 is 5.97 Å². The van der Waals surface area contributed by atoms with Crippen molar-refractivity contribution in [3.05, 3.63) is 0 Å². The smallest absolute Gasteiger partial charge is 0.332 e. The molecule has 12 heavy (non-hydrogen) atoms. The van der Waals surface area contributed by atoms with Crippen LogP contribution in [0.15, 0.2) is 0 Å². The Bertz CT molecular complexity index is 152. The average molecular weight is 174 g/mol. The predicted molar refractivity (Wildman–Crippen MR) is 47.1 cm³/mol. The first-order chi connectivity index (χ1) is 5.43. The lowest BCUT2D eigenvalue weighted by Gasteiger charge is -2.25. The molecule has 0 aromatic heterocycles. The normalized spacial score (nSPS) is 14.3. The third-order valence-electron chi connectivity index (χ3n) is 2.26. The van der Waals surface area contributed by atoms with Crippen LogP contribution in [0.2, 0.25) is 0 Å². The van der Waals surface area contributed by atoms with Gasteiger partial charge < -0.3 is 9.84 Å². The Morgan fingerprint density at radius 3 is 2.33 bits per heavy atom. The van der Waals surface area contributed by atoms with Crippen LogP contribution in [0.1, 0.15) is 33.6 Å². The van der Waals surface area contributed by atoms with Crippen LogP contribution in [-0.2, 0) is 9.53 Å². The van der Waals surface area contributed by atoms with E-state index in [4.69, 9.17) is 9.84 Å². The van der Waals surface area contributed by atoms with Crippen LogP contribution < -0.4 is 0 Å². The standard InChI is InChI=1S/C9H18O3/c1-5-9(2,3)6-7(12-4)8(10)11/h7H,5-6H2,1-4H3,(H,10,11). The molecule has 1 atom stereocenters. The fourth-order valence-electron chi connectivity index (χ4n) is 0.918. The van der Waals surface area contributed by atoms with Gasteiger partial charge in [-0.1, -0.05) is 27.2 Å². The van der Waals surface area contributed by atoms with E-state index in [-0.39, 0.29) is 5.41 Å². The molecule has 0 aliphatic rings. The van der Waals surface area contributed by atoms with E-state index in [2.05, 4.69) is 6.92 Å². The van der Waals surface area contributed by atoms with Gasteiger partial charge in [-0.15, -0.1) is 0 Å². The lowest BCUT2D eigenvalue weighted by Crippen LogP contribution is -2.28. The zero-order chi connectivity index (χ0) is 9.78. The lowest BCUT2D eigenvalue weighted by molar-refractivity contribution is -0.150. The van der Waals surface area contributed by atoms with E-state index in [1.165, 1.54) is 7.11 Å². The molecular formula is C9H18O3. The first-order valence-electron chi connectivity index (χ1n) is 4.18. The summed E-state index contributed by atoms with van der Waals surface area (Å²) in [4.78, 5) is 10.6. The summed E-state index contributed by atoms with van der Waals surface area (Å²) in [7, 11) is 1.44. The summed E-state index contributed by atoms with van der Waals surface area (Å²) in [6.07, 6.45) is 0.857. The maximum Gasteiger partial charge on any atom is 0.332 e. The van der Waals surface area contributed by atoms with Gasteiger partial charge >= 0.3 is 5.97 Å². The molecule has 0 fully saturated rings. The molecular weight excluding hydrogens is 156 g/mol. The first-order valence-corrected chi connectivity index (χ1v) is 4.18. The van der Waals surface area contributed by atoms with E-state index in [0.717, 1.165) is 6.42 Å². The molecule has 0 radical (unpaired) electrons. The highest BCUT2D eigenvalue weighted by atomic mass is 16.5. The van der Waals surface area contributed by atoms with Crippen molar-refractivity contribution < 1.29 is 14.6 Å². The number of hydrogen-bond donors (Lipinski definition) is 1. The molecule has 1 N–H and O–H groups in total. The van der Waals surface area contributed by atoms with Gasteiger partial charge in [0.25, 0.3) is 0 Å². The number of carboxylic acid groups (broad SMARTS) is 1. The molecule has 0 saturated carbocycles. The van der Waals surface area contributed by atoms with Crippen molar-refractivity contribution in [3.8, 4) is 0 Å². The van der Waals surface area contributed by atoms with Crippen LogP contribution in [0.4, 0.5) is 0 Å². The molecule has 0 bridgehead atoms. The zero-order valence-corrected chi connectivity index (χ0v) is 8.26. The summed E-state index contributed by atoms with van der Waals surface area (Å²) < 4.78 is 4.85. The van der Waals surface area contributed by atoms with E-state index in [1.54, 1.807) is 0 Å². The minimum Gasteiger partial charge on any atom is -0.479 e. The number of carbonyl (C=O) groups is 1. The van der Waals surface area contributed by atoms with Crippen molar-refractivity contribution in [2.75, 3.05) is 7.11 Å². The van der Waals surface area contributed by atoms with Crippen LogP contribution in [0.25, 0.3) is 0 Å². The van der Waals surface area contributed by atoms with Crippen molar-refractivity contribution in [1.29, 1.82) is 0 Å². The van der Waals surface area contributed by atoms with Crippen LogP contribution >= 0.6 is 0 Å². The van der Waals surface area contributed by atoms with Gasteiger partial charge in [0.1, 0.15) is 0 Å². The topological polar surface area (TPSA) is 46.5 Å². The summed E-state index contributed by atoms with van der Waals surface area (Å²) in [6.45, 7) is 6.14. The molecule has 0 aliphatic heterocycles. The number of aliphatic carboxylic acids is 1. The quantitative estimate of drug-likeness (QED) is 0.692. The summed E-state index contributed by atoms with van der Waals surface area (Å²) in [5, 5.41) is 8.71. The average Bonchev–Trinajstić information content (AvgIpc) is 2.00. The van der Waals surface area contributed by atoms with Crippen molar-refractivity contribution in [1.82, 2.24) is 0 Å². The van der Waals surface area contributed by atoms with Crippen LogP contribution in [-0.4, -0.2) is 24.3 Å². The summed E-state index contributed by atoms with van der Waals surface area (Å²) in [5.74, 6) is -0.876. The van der Waals surface area contributed by atoms with Gasteiger partial charge in [-0.3, -0.25) is 0 Å². The van der Waals surface area contributed by atoms with Crippen LogP contribution in [0, 0.1) is 5.41 Å². The van der Waals surface area contributed by atoms with Gasteiger partial charge in [-0.2, -0.15) is 0 Å². The molecule has 0 amide bonds. The Balaban J connectivity index is 4.11. The lowest BCUT2D eigenvalue weighted by atomic mass is 9.84.